The van der Waals surface area contributed by atoms with Crippen LogP contribution in [0.5, 0.6) is 0 Å². The van der Waals surface area contributed by atoms with E-state index in [-0.39, 0.29) is 12.3 Å². The topological polar surface area (TPSA) is 67.2 Å². The number of hydrogen-bond acceptors (Lipinski definition) is 3. The lowest BCUT2D eigenvalue weighted by molar-refractivity contribution is -0.127. The molecule has 5 heteroatoms. The predicted octanol–water partition coefficient (Wildman–Crippen LogP) is 2.57. The molecule has 1 saturated carbocycles. The van der Waals surface area contributed by atoms with E-state index in [1.807, 2.05) is 36.5 Å². The molecule has 0 spiro atoms. The number of amides is 1. The van der Waals surface area contributed by atoms with Gasteiger partial charge in [-0.1, -0.05) is 37.5 Å². The molecule has 2 aromatic rings. The number of para-hydroxylation sites is 1. The van der Waals surface area contributed by atoms with Crippen LogP contribution in [0.4, 0.5) is 0 Å². The molecule has 0 atom stereocenters. The van der Waals surface area contributed by atoms with E-state index in [2.05, 4.69) is 10.4 Å². The number of benzene rings is 1. The number of hydrogen-bond donors (Lipinski definition) is 2. The summed E-state index contributed by atoms with van der Waals surface area (Å²) in [5, 5.41) is 17.6. The molecule has 0 radical (unpaired) electrons. The van der Waals surface area contributed by atoms with Crippen molar-refractivity contribution >= 4 is 5.91 Å². The molecule has 1 aromatic carbocycles. The molecule has 1 aliphatic carbocycles. The monoisotopic (exact) mass is 313 g/mol. The molecule has 2 N–H and O–H groups in total. The Morgan fingerprint density at radius 1 is 1.22 bits per heavy atom. The minimum atomic E-state index is -0.816. The number of aromatic nitrogens is 2. The summed E-state index contributed by atoms with van der Waals surface area (Å²) >= 11 is 0. The fourth-order valence-corrected chi connectivity index (χ4v) is 3.24. The zero-order valence-electron chi connectivity index (χ0n) is 13.2. The maximum absolute atomic E-state index is 12.2. The normalized spacial score (nSPS) is 16.9. The molecule has 3 rings (SSSR count). The standard InChI is InChI=1S/C18H23N3O2/c22-17(13-18(23)9-4-1-5-10-18)19-14-15-7-2-3-8-16(15)21-12-6-11-20-21/h2-3,6-8,11-12,23H,1,4-5,9-10,13-14H2,(H,19,22). The van der Waals surface area contributed by atoms with Gasteiger partial charge in [0.1, 0.15) is 0 Å². The second-order valence-electron chi connectivity index (χ2n) is 6.32. The van der Waals surface area contributed by atoms with Crippen molar-refractivity contribution < 1.29 is 9.90 Å². The summed E-state index contributed by atoms with van der Waals surface area (Å²) in [7, 11) is 0. The lowest BCUT2D eigenvalue weighted by Crippen LogP contribution is -2.38. The smallest absolute Gasteiger partial charge is 0.223 e. The van der Waals surface area contributed by atoms with Gasteiger partial charge in [0.25, 0.3) is 0 Å². The first-order chi connectivity index (χ1) is 11.2. The van der Waals surface area contributed by atoms with Crippen LogP contribution in [-0.4, -0.2) is 26.4 Å². The average molecular weight is 313 g/mol. The van der Waals surface area contributed by atoms with Crippen LogP contribution in [0.15, 0.2) is 42.7 Å². The van der Waals surface area contributed by atoms with Gasteiger partial charge in [-0.2, -0.15) is 5.10 Å². The van der Waals surface area contributed by atoms with E-state index >= 15 is 0 Å². The van der Waals surface area contributed by atoms with E-state index < -0.39 is 5.60 Å². The van der Waals surface area contributed by atoms with Crippen molar-refractivity contribution in [3.63, 3.8) is 0 Å². The molecule has 1 fully saturated rings. The quantitative estimate of drug-likeness (QED) is 0.891. The molecule has 5 nitrogen and oxygen atoms in total. The molecule has 1 amide bonds. The van der Waals surface area contributed by atoms with Gasteiger partial charge in [0.2, 0.25) is 5.91 Å². The summed E-state index contributed by atoms with van der Waals surface area (Å²) < 4.78 is 1.79. The summed E-state index contributed by atoms with van der Waals surface area (Å²) in [6, 6.07) is 9.72. The van der Waals surface area contributed by atoms with Gasteiger partial charge in [-0.25, -0.2) is 4.68 Å². The predicted molar refractivity (Wildman–Crippen MR) is 88.1 cm³/mol. The molecule has 1 aromatic heterocycles. The zero-order valence-corrected chi connectivity index (χ0v) is 13.2. The number of carbonyl (C=O) groups is 1. The van der Waals surface area contributed by atoms with Crippen molar-refractivity contribution in [2.75, 3.05) is 0 Å². The van der Waals surface area contributed by atoms with Gasteiger partial charge in [0.15, 0.2) is 0 Å². The van der Waals surface area contributed by atoms with Crippen molar-refractivity contribution in [2.45, 2.75) is 50.7 Å². The third kappa shape index (κ3) is 3.99. The number of aliphatic hydroxyl groups is 1. The molecule has 122 valence electrons. The second kappa shape index (κ2) is 6.96. The molecule has 0 unspecified atom stereocenters. The molecule has 0 bridgehead atoms. The first-order valence-corrected chi connectivity index (χ1v) is 8.23. The summed E-state index contributed by atoms with van der Waals surface area (Å²) in [4.78, 5) is 12.2. The highest BCUT2D eigenvalue weighted by atomic mass is 16.3. The number of carbonyl (C=O) groups excluding carboxylic acids is 1. The fraction of sp³-hybridized carbons (Fsp3) is 0.444. The van der Waals surface area contributed by atoms with Crippen molar-refractivity contribution in [1.29, 1.82) is 0 Å². The summed E-state index contributed by atoms with van der Waals surface area (Å²) in [5.74, 6) is -0.0929. The third-order valence-corrected chi connectivity index (χ3v) is 4.49. The van der Waals surface area contributed by atoms with Crippen LogP contribution < -0.4 is 5.32 Å². The Morgan fingerprint density at radius 2 is 2.00 bits per heavy atom. The summed E-state index contributed by atoms with van der Waals surface area (Å²) in [5.41, 5.74) is 1.14. The molecule has 1 heterocycles. The van der Waals surface area contributed by atoms with Crippen molar-refractivity contribution in [3.8, 4) is 5.69 Å². The van der Waals surface area contributed by atoms with Gasteiger partial charge in [-0.15, -0.1) is 0 Å². The fourth-order valence-electron chi connectivity index (χ4n) is 3.24. The molecule has 0 aliphatic heterocycles. The first-order valence-electron chi connectivity index (χ1n) is 8.23. The van der Waals surface area contributed by atoms with E-state index in [0.29, 0.717) is 6.54 Å². The lowest BCUT2D eigenvalue weighted by Gasteiger charge is -2.31. The highest BCUT2D eigenvalue weighted by Crippen LogP contribution is 2.30. The maximum Gasteiger partial charge on any atom is 0.223 e. The van der Waals surface area contributed by atoms with E-state index in [9.17, 15) is 9.90 Å². The third-order valence-electron chi connectivity index (χ3n) is 4.49. The van der Waals surface area contributed by atoms with Crippen LogP contribution in [0.2, 0.25) is 0 Å². The van der Waals surface area contributed by atoms with E-state index in [0.717, 1.165) is 43.4 Å². The SMILES string of the molecule is O=C(CC1(O)CCCCC1)NCc1ccccc1-n1cccn1. The van der Waals surface area contributed by atoms with Crippen molar-refractivity contribution in [1.82, 2.24) is 15.1 Å². The zero-order chi connectivity index (χ0) is 16.1. The first kappa shape index (κ1) is 15.7. The highest BCUT2D eigenvalue weighted by Gasteiger charge is 2.31. The Morgan fingerprint density at radius 3 is 2.74 bits per heavy atom. The Bertz CT molecular complexity index is 646. The molecule has 0 saturated heterocycles. The van der Waals surface area contributed by atoms with Gasteiger partial charge < -0.3 is 10.4 Å². The second-order valence-corrected chi connectivity index (χ2v) is 6.32. The number of rotatable bonds is 5. The highest BCUT2D eigenvalue weighted by molar-refractivity contribution is 5.77. The Balaban J connectivity index is 1.61. The van der Waals surface area contributed by atoms with Gasteiger partial charge in [0.05, 0.1) is 17.7 Å². The maximum atomic E-state index is 12.2. The Kier molecular flexibility index (Phi) is 4.76. The van der Waals surface area contributed by atoms with E-state index in [1.54, 1.807) is 10.9 Å². The molecular formula is C18H23N3O2. The molecular weight excluding hydrogens is 290 g/mol. The van der Waals surface area contributed by atoms with Crippen LogP contribution >= 0.6 is 0 Å². The van der Waals surface area contributed by atoms with E-state index in [1.165, 1.54) is 0 Å². The van der Waals surface area contributed by atoms with Gasteiger partial charge >= 0.3 is 0 Å². The van der Waals surface area contributed by atoms with E-state index in [4.69, 9.17) is 0 Å². The lowest BCUT2D eigenvalue weighted by atomic mass is 9.82. The van der Waals surface area contributed by atoms with Gasteiger partial charge in [0, 0.05) is 18.9 Å². The summed E-state index contributed by atoms with van der Waals surface area (Å²) in [6.07, 6.45) is 8.42. The Hall–Kier alpha value is -2.14. The van der Waals surface area contributed by atoms with Crippen LogP contribution in [0.3, 0.4) is 0 Å². The largest absolute Gasteiger partial charge is 0.389 e. The van der Waals surface area contributed by atoms with Crippen molar-refractivity contribution in [3.05, 3.63) is 48.3 Å². The molecule has 1 aliphatic rings. The summed E-state index contributed by atoms with van der Waals surface area (Å²) in [6.45, 7) is 0.435. The number of nitrogens with zero attached hydrogens (tertiary/aromatic N) is 2. The number of nitrogens with one attached hydrogen (secondary N) is 1. The molecule has 23 heavy (non-hydrogen) atoms. The average Bonchev–Trinajstić information content (AvgIpc) is 3.08. The van der Waals surface area contributed by atoms with Crippen LogP contribution in [0.25, 0.3) is 5.69 Å². The van der Waals surface area contributed by atoms with Crippen molar-refractivity contribution in [2.24, 2.45) is 0 Å². The van der Waals surface area contributed by atoms with Crippen LogP contribution in [-0.2, 0) is 11.3 Å². The van der Waals surface area contributed by atoms with Gasteiger partial charge in [-0.05, 0) is 30.5 Å². The van der Waals surface area contributed by atoms with Crippen LogP contribution in [0, 0.1) is 0 Å². The minimum Gasteiger partial charge on any atom is -0.389 e. The van der Waals surface area contributed by atoms with Gasteiger partial charge in [-0.3, -0.25) is 4.79 Å². The minimum absolute atomic E-state index is 0.0929. The van der Waals surface area contributed by atoms with Crippen LogP contribution in [0.1, 0.15) is 44.1 Å². The Labute approximate surface area is 136 Å².